The third-order valence-electron chi connectivity index (χ3n) is 2.94. The van der Waals surface area contributed by atoms with E-state index in [1.807, 2.05) is 6.92 Å². The fourth-order valence-corrected chi connectivity index (χ4v) is 2.65. The molecule has 0 saturated carbocycles. The summed E-state index contributed by atoms with van der Waals surface area (Å²) in [6.07, 6.45) is 0. The molecule has 1 amide bonds. The van der Waals surface area contributed by atoms with Gasteiger partial charge in [0.2, 0.25) is 5.13 Å². The average molecular weight is 335 g/mol. The zero-order valence-corrected chi connectivity index (χ0v) is 13.3. The molecule has 0 saturated heterocycles. The molecule has 1 N–H and O–H groups in total. The molecule has 3 aromatic rings. The van der Waals surface area contributed by atoms with Crippen molar-refractivity contribution in [2.24, 2.45) is 0 Å². The van der Waals surface area contributed by atoms with Crippen molar-refractivity contribution in [2.75, 3.05) is 5.32 Å². The fraction of sp³-hybridized carbons (Fsp3) is 0.143. The number of nitrogens with zero attached hydrogens (tertiary/aromatic N) is 3. The first-order valence-corrected chi connectivity index (χ1v) is 7.57. The SMILES string of the molecule is Cc1nnc(NC(=O)c2c(C)noc2-c2ccc(Cl)cc2)s1. The van der Waals surface area contributed by atoms with Gasteiger partial charge in [-0.2, -0.15) is 0 Å². The van der Waals surface area contributed by atoms with E-state index in [4.69, 9.17) is 16.1 Å². The molecule has 0 atom stereocenters. The molecule has 0 aliphatic heterocycles. The summed E-state index contributed by atoms with van der Waals surface area (Å²) in [6, 6.07) is 7.00. The topological polar surface area (TPSA) is 80.9 Å². The van der Waals surface area contributed by atoms with Crippen LogP contribution >= 0.6 is 22.9 Å². The first-order valence-electron chi connectivity index (χ1n) is 6.38. The molecular formula is C14H11ClN4O2S. The summed E-state index contributed by atoms with van der Waals surface area (Å²) in [5.74, 6) is 0.0627. The van der Waals surface area contributed by atoms with Gasteiger partial charge >= 0.3 is 0 Å². The number of aryl methyl sites for hydroxylation is 2. The maximum atomic E-state index is 12.5. The van der Waals surface area contributed by atoms with Crippen molar-refractivity contribution in [3.8, 4) is 11.3 Å². The second kappa shape index (κ2) is 5.86. The van der Waals surface area contributed by atoms with Gasteiger partial charge in [0.25, 0.3) is 5.91 Å². The van der Waals surface area contributed by atoms with E-state index in [2.05, 4.69) is 20.7 Å². The van der Waals surface area contributed by atoms with E-state index >= 15 is 0 Å². The molecule has 0 bridgehead atoms. The van der Waals surface area contributed by atoms with E-state index in [9.17, 15) is 4.79 Å². The second-order valence-corrected chi connectivity index (χ2v) is 6.18. The van der Waals surface area contributed by atoms with Crippen LogP contribution in [-0.2, 0) is 0 Å². The van der Waals surface area contributed by atoms with E-state index < -0.39 is 0 Å². The molecule has 112 valence electrons. The predicted octanol–water partition coefficient (Wildman–Crippen LogP) is 3.72. The highest BCUT2D eigenvalue weighted by Crippen LogP contribution is 2.28. The number of aromatic nitrogens is 3. The van der Waals surface area contributed by atoms with Crippen LogP contribution in [0, 0.1) is 13.8 Å². The number of rotatable bonds is 3. The molecule has 2 aromatic heterocycles. The standard InChI is InChI=1S/C14H11ClN4O2S/c1-7-11(13(20)16-14-18-17-8(2)22-14)12(21-19-7)9-3-5-10(15)6-4-9/h3-6H,1-2H3,(H,16,18,20). The summed E-state index contributed by atoms with van der Waals surface area (Å²) in [5.41, 5.74) is 1.60. The molecule has 2 heterocycles. The van der Waals surface area contributed by atoms with Crippen LogP contribution in [0.3, 0.4) is 0 Å². The van der Waals surface area contributed by atoms with Crippen molar-refractivity contribution in [3.05, 3.63) is 45.6 Å². The highest BCUT2D eigenvalue weighted by atomic mass is 35.5. The Balaban J connectivity index is 1.95. The molecule has 0 aliphatic carbocycles. The molecule has 0 radical (unpaired) electrons. The number of anilines is 1. The maximum Gasteiger partial charge on any atom is 0.263 e. The Morgan fingerprint density at radius 2 is 1.95 bits per heavy atom. The Hall–Kier alpha value is -2.25. The Morgan fingerprint density at radius 1 is 1.23 bits per heavy atom. The van der Waals surface area contributed by atoms with Gasteiger partial charge in [0.05, 0.1) is 5.69 Å². The highest BCUT2D eigenvalue weighted by molar-refractivity contribution is 7.15. The number of carbonyl (C=O) groups is 1. The minimum atomic E-state index is -0.333. The number of hydrogen-bond donors (Lipinski definition) is 1. The van der Waals surface area contributed by atoms with Gasteiger partial charge in [-0.05, 0) is 38.1 Å². The molecule has 0 unspecified atom stereocenters. The summed E-state index contributed by atoms with van der Waals surface area (Å²) in [5, 5.41) is 16.1. The molecule has 8 heteroatoms. The van der Waals surface area contributed by atoms with Gasteiger partial charge in [0, 0.05) is 10.6 Å². The van der Waals surface area contributed by atoms with Gasteiger partial charge in [0.1, 0.15) is 10.6 Å². The first-order chi connectivity index (χ1) is 10.5. The number of benzene rings is 1. The molecular weight excluding hydrogens is 324 g/mol. The molecule has 22 heavy (non-hydrogen) atoms. The van der Waals surface area contributed by atoms with Gasteiger partial charge in [-0.25, -0.2) is 0 Å². The lowest BCUT2D eigenvalue weighted by atomic mass is 10.1. The van der Waals surface area contributed by atoms with Crippen molar-refractivity contribution in [1.82, 2.24) is 15.4 Å². The average Bonchev–Trinajstić information content (AvgIpc) is 3.06. The molecule has 0 spiro atoms. The van der Waals surface area contributed by atoms with Gasteiger partial charge in [-0.1, -0.05) is 28.1 Å². The van der Waals surface area contributed by atoms with E-state index in [1.165, 1.54) is 11.3 Å². The summed E-state index contributed by atoms with van der Waals surface area (Å²) in [6.45, 7) is 3.53. The van der Waals surface area contributed by atoms with E-state index in [0.29, 0.717) is 27.2 Å². The van der Waals surface area contributed by atoms with Crippen LogP contribution in [0.15, 0.2) is 28.8 Å². The Kier molecular flexibility index (Phi) is 3.91. The summed E-state index contributed by atoms with van der Waals surface area (Å²) >= 11 is 7.18. The third-order valence-corrected chi connectivity index (χ3v) is 3.95. The zero-order valence-electron chi connectivity index (χ0n) is 11.8. The van der Waals surface area contributed by atoms with Crippen LogP contribution in [0.4, 0.5) is 5.13 Å². The number of halogens is 1. The largest absolute Gasteiger partial charge is 0.355 e. The van der Waals surface area contributed by atoms with Crippen molar-refractivity contribution in [1.29, 1.82) is 0 Å². The maximum absolute atomic E-state index is 12.5. The quantitative estimate of drug-likeness (QED) is 0.789. The Labute approximate surface area is 135 Å². The molecule has 0 fully saturated rings. The lowest BCUT2D eigenvalue weighted by Crippen LogP contribution is -2.13. The monoisotopic (exact) mass is 334 g/mol. The molecule has 1 aromatic carbocycles. The van der Waals surface area contributed by atoms with Gasteiger partial charge < -0.3 is 4.52 Å². The van der Waals surface area contributed by atoms with Gasteiger partial charge in [-0.3, -0.25) is 10.1 Å². The first kappa shape index (κ1) is 14.7. The highest BCUT2D eigenvalue weighted by Gasteiger charge is 2.22. The smallest absolute Gasteiger partial charge is 0.263 e. The minimum absolute atomic E-state index is 0.333. The van der Waals surface area contributed by atoms with Crippen LogP contribution in [0.1, 0.15) is 21.1 Å². The van der Waals surface area contributed by atoms with Crippen molar-refractivity contribution < 1.29 is 9.32 Å². The fourth-order valence-electron chi connectivity index (χ4n) is 1.94. The number of amides is 1. The van der Waals surface area contributed by atoms with Crippen LogP contribution < -0.4 is 5.32 Å². The number of hydrogen-bond acceptors (Lipinski definition) is 6. The minimum Gasteiger partial charge on any atom is -0.355 e. The predicted molar refractivity (Wildman–Crippen MR) is 84.3 cm³/mol. The Bertz CT molecular complexity index is 826. The van der Waals surface area contributed by atoms with Gasteiger partial charge in [0.15, 0.2) is 5.76 Å². The van der Waals surface area contributed by atoms with Crippen LogP contribution in [-0.4, -0.2) is 21.3 Å². The van der Waals surface area contributed by atoms with Crippen molar-refractivity contribution in [3.63, 3.8) is 0 Å². The van der Waals surface area contributed by atoms with Gasteiger partial charge in [-0.15, -0.1) is 10.2 Å². The van der Waals surface area contributed by atoms with Crippen LogP contribution in [0.5, 0.6) is 0 Å². The summed E-state index contributed by atoms with van der Waals surface area (Å²) in [4.78, 5) is 12.5. The molecule has 0 aliphatic rings. The lowest BCUT2D eigenvalue weighted by molar-refractivity contribution is 0.102. The summed E-state index contributed by atoms with van der Waals surface area (Å²) in [7, 11) is 0. The van der Waals surface area contributed by atoms with Crippen molar-refractivity contribution in [2.45, 2.75) is 13.8 Å². The number of nitrogens with one attached hydrogen (secondary N) is 1. The zero-order chi connectivity index (χ0) is 15.7. The van der Waals surface area contributed by atoms with E-state index in [-0.39, 0.29) is 5.91 Å². The Morgan fingerprint density at radius 3 is 2.59 bits per heavy atom. The molecule has 3 rings (SSSR count). The van der Waals surface area contributed by atoms with Crippen LogP contribution in [0.2, 0.25) is 5.02 Å². The van der Waals surface area contributed by atoms with Crippen LogP contribution in [0.25, 0.3) is 11.3 Å². The molecule has 6 nitrogen and oxygen atoms in total. The van der Waals surface area contributed by atoms with E-state index in [1.54, 1.807) is 31.2 Å². The third kappa shape index (κ3) is 2.86. The lowest BCUT2D eigenvalue weighted by Gasteiger charge is -2.02. The normalized spacial score (nSPS) is 10.7. The number of carbonyl (C=O) groups excluding carboxylic acids is 1. The summed E-state index contributed by atoms with van der Waals surface area (Å²) < 4.78 is 5.30. The second-order valence-electron chi connectivity index (χ2n) is 4.56. The van der Waals surface area contributed by atoms with Crippen molar-refractivity contribution >= 4 is 34.0 Å². The van der Waals surface area contributed by atoms with E-state index in [0.717, 1.165) is 10.6 Å².